The highest BCUT2D eigenvalue weighted by Gasteiger charge is 2.33. The number of benzene rings is 1. The number of hydrogen-bond donors (Lipinski definition) is 1. The Morgan fingerprint density at radius 1 is 1.23 bits per heavy atom. The van der Waals surface area contributed by atoms with Crippen LogP contribution in [-0.2, 0) is 32.6 Å². The molecule has 2 aliphatic rings. The van der Waals surface area contributed by atoms with Crippen LogP contribution < -0.4 is 5.32 Å². The molecule has 2 fully saturated rings. The summed E-state index contributed by atoms with van der Waals surface area (Å²) >= 11 is 0. The molecule has 1 amide bonds. The summed E-state index contributed by atoms with van der Waals surface area (Å²) in [4.78, 5) is 19.6. The van der Waals surface area contributed by atoms with E-state index in [9.17, 15) is 13.2 Å². The zero-order valence-electron chi connectivity index (χ0n) is 18.4. The van der Waals surface area contributed by atoms with Gasteiger partial charge in [-0.15, -0.1) is 0 Å². The maximum atomic E-state index is 13.0. The lowest BCUT2D eigenvalue weighted by molar-refractivity contribution is -0.131. The number of aromatic nitrogens is 2. The number of amides is 1. The van der Waals surface area contributed by atoms with Crippen molar-refractivity contribution in [2.75, 3.05) is 39.4 Å². The van der Waals surface area contributed by atoms with Gasteiger partial charge in [-0.2, -0.15) is 4.31 Å². The minimum Gasteiger partial charge on any atom is -0.379 e. The van der Waals surface area contributed by atoms with Crippen molar-refractivity contribution in [1.29, 1.82) is 0 Å². The summed E-state index contributed by atoms with van der Waals surface area (Å²) in [5, 5.41) is 2.95. The standard InChI is InChI=1S/C21H31N5O4S/c1-4-26-18-6-5-16(31(28,29)25-9-11-30-12-10-25)13-17(18)23-19(26)14-24-8-7-22-21(27)20(24)15(2)3/h5-6,13,15,20H,4,7-12,14H2,1-3H3,(H,22,27). The highest BCUT2D eigenvalue weighted by atomic mass is 32.2. The molecule has 0 radical (unpaired) electrons. The van der Waals surface area contributed by atoms with E-state index in [0.29, 0.717) is 51.5 Å². The Morgan fingerprint density at radius 2 is 1.97 bits per heavy atom. The number of fused-ring (bicyclic) bond motifs is 1. The van der Waals surface area contributed by atoms with Gasteiger partial charge in [0, 0.05) is 32.7 Å². The summed E-state index contributed by atoms with van der Waals surface area (Å²) in [5.41, 5.74) is 1.56. The predicted octanol–water partition coefficient (Wildman–Crippen LogP) is 1.03. The highest BCUT2D eigenvalue weighted by molar-refractivity contribution is 7.89. The molecule has 1 aromatic heterocycles. The van der Waals surface area contributed by atoms with Crippen LogP contribution >= 0.6 is 0 Å². The first-order valence-electron chi connectivity index (χ1n) is 10.9. The zero-order chi connectivity index (χ0) is 22.2. The van der Waals surface area contributed by atoms with Gasteiger partial charge in [-0.1, -0.05) is 13.8 Å². The van der Waals surface area contributed by atoms with Gasteiger partial charge in [-0.05, 0) is 31.0 Å². The smallest absolute Gasteiger partial charge is 0.243 e. The van der Waals surface area contributed by atoms with Crippen molar-refractivity contribution in [3.8, 4) is 0 Å². The molecular formula is C21H31N5O4S. The van der Waals surface area contributed by atoms with E-state index in [1.165, 1.54) is 4.31 Å². The van der Waals surface area contributed by atoms with Gasteiger partial charge < -0.3 is 14.6 Å². The average molecular weight is 450 g/mol. The van der Waals surface area contributed by atoms with E-state index in [0.717, 1.165) is 17.9 Å². The monoisotopic (exact) mass is 449 g/mol. The lowest BCUT2D eigenvalue weighted by Gasteiger charge is -2.37. The van der Waals surface area contributed by atoms with Gasteiger partial charge in [0.05, 0.1) is 41.7 Å². The average Bonchev–Trinajstić information content (AvgIpc) is 3.10. The normalized spacial score (nSPS) is 21.7. The SMILES string of the molecule is CCn1c(CN2CCNC(=O)C2C(C)C)nc2cc(S(=O)(=O)N3CCOCC3)ccc21. The van der Waals surface area contributed by atoms with Crippen LogP contribution in [0.3, 0.4) is 0 Å². The number of sulfonamides is 1. The molecule has 0 spiro atoms. The third-order valence-corrected chi connectivity index (χ3v) is 7.95. The minimum atomic E-state index is -3.58. The summed E-state index contributed by atoms with van der Waals surface area (Å²) in [5.74, 6) is 1.09. The van der Waals surface area contributed by atoms with Crippen LogP contribution in [0.15, 0.2) is 23.1 Å². The summed E-state index contributed by atoms with van der Waals surface area (Å²) in [6.07, 6.45) is 0. The Morgan fingerprint density at radius 3 is 2.65 bits per heavy atom. The van der Waals surface area contributed by atoms with Gasteiger partial charge in [-0.3, -0.25) is 9.69 Å². The van der Waals surface area contributed by atoms with Crippen LogP contribution in [0.4, 0.5) is 0 Å². The molecule has 1 N–H and O–H groups in total. The van der Waals surface area contributed by atoms with Gasteiger partial charge >= 0.3 is 0 Å². The van der Waals surface area contributed by atoms with E-state index in [1.807, 2.05) is 26.8 Å². The van der Waals surface area contributed by atoms with Crippen LogP contribution in [0.1, 0.15) is 26.6 Å². The van der Waals surface area contributed by atoms with E-state index in [1.54, 1.807) is 12.1 Å². The fourth-order valence-corrected chi connectivity index (χ4v) is 5.97. The van der Waals surface area contributed by atoms with E-state index in [-0.39, 0.29) is 22.8 Å². The number of piperazine rings is 1. The third-order valence-electron chi connectivity index (χ3n) is 6.06. The van der Waals surface area contributed by atoms with Crippen LogP contribution in [0, 0.1) is 5.92 Å². The van der Waals surface area contributed by atoms with Gasteiger partial charge in [-0.25, -0.2) is 13.4 Å². The molecule has 10 heteroatoms. The highest BCUT2D eigenvalue weighted by Crippen LogP contribution is 2.25. The summed E-state index contributed by atoms with van der Waals surface area (Å²) in [6.45, 7) is 10.3. The number of morpholine rings is 1. The lowest BCUT2D eigenvalue weighted by Crippen LogP contribution is -2.57. The van der Waals surface area contributed by atoms with E-state index >= 15 is 0 Å². The summed E-state index contributed by atoms with van der Waals surface area (Å²) in [6, 6.07) is 4.97. The number of rotatable bonds is 6. The van der Waals surface area contributed by atoms with Crippen molar-refractivity contribution in [2.24, 2.45) is 5.92 Å². The maximum Gasteiger partial charge on any atom is 0.243 e. The second-order valence-electron chi connectivity index (χ2n) is 8.39. The number of nitrogens with zero attached hydrogens (tertiary/aromatic N) is 4. The van der Waals surface area contributed by atoms with Crippen molar-refractivity contribution < 1.29 is 17.9 Å². The lowest BCUT2D eigenvalue weighted by atomic mass is 10.00. The second kappa shape index (κ2) is 8.85. The molecular weight excluding hydrogens is 418 g/mol. The molecule has 31 heavy (non-hydrogen) atoms. The van der Waals surface area contributed by atoms with Crippen LogP contribution in [0.25, 0.3) is 11.0 Å². The number of ether oxygens (including phenoxy) is 1. The molecule has 2 saturated heterocycles. The molecule has 9 nitrogen and oxygen atoms in total. The van der Waals surface area contributed by atoms with E-state index in [2.05, 4.69) is 14.8 Å². The van der Waals surface area contributed by atoms with Gasteiger partial charge in [0.15, 0.2) is 0 Å². The Bertz CT molecular complexity index is 1060. The molecule has 0 aliphatic carbocycles. The molecule has 4 rings (SSSR count). The molecule has 1 atom stereocenters. The van der Waals surface area contributed by atoms with Crippen LogP contribution in [0.2, 0.25) is 0 Å². The second-order valence-corrected chi connectivity index (χ2v) is 10.3. The molecule has 170 valence electrons. The first kappa shape index (κ1) is 22.2. The van der Waals surface area contributed by atoms with Crippen molar-refractivity contribution in [1.82, 2.24) is 24.1 Å². The van der Waals surface area contributed by atoms with E-state index < -0.39 is 10.0 Å². The number of hydrogen-bond acceptors (Lipinski definition) is 6. The third kappa shape index (κ3) is 4.21. The fraction of sp³-hybridized carbons (Fsp3) is 0.619. The molecule has 3 heterocycles. The molecule has 2 aliphatic heterocycles. The number of aryl methyl sites for hydroxylation is 1. The maximum absolute atomic E-state index is 13.0. The number of imidazole rings is 1. The molecule has 0 saturated carbocycles. The fourth-order valence-electron chi connectivity index (χ4n) is 4.55. The number of nitrogens with one attached hydrogen (secondary N) is 1. The quantitative estimate of drug-likeness (QED) is 0.708. The first-order valence-corrected chi connectivity index (χ1v) is 12.4. The summed E-state index contributed by atoms with van der Waals surface area (Å²) < 4.78 is 34.9. The van der Waals surface area contributed by atoms with Gasteiger partial charge in [0.2, 0.25) is 15.9 Å². The number of carbonyl (C=O) groups excluding carboxylic acids is 1. The topological polar surface area (TPSA) is 96.8 Å². The summed E-state index contributed by atoms with van der Waals surface area (Å²) in [7, 11) is -3.58. The predicted molar refractivity (Wildman–Crippen MR) is 117 cm³/mol. The Kier molecular flexibility index (Phi) is 6.34. The van der Waals surface area contributed by atoms with Gasteiger partial charge in [0.1, 0.15) is 5.82 Å². The van der Waals surface area contributed by atoms with Crippen molar-refractivity contribution in [3.63, 3.8) is 0 Å². The van der Waals surface area contributed by atoms with Crippen molar-refractivity contribution in [3.05, 3.63) is 24.0 Å². The molecule has 2 aromatic rings. The van der Waals surface area contributed by atoms with Crippen LogP contribution in [0.5, 0.6) is 0 Å². The Labute approximate surface area is 183 Å². The minimum absolute atomic E-state index is 0.0549. The Balaban J connectivity index is 1.67. The Hall–Kier alpha value is -2.01. The number of carbonyl (C=O) groups is 1. The van der Waals surface area contributed by atoms with E-state index in [4.69, 9.17) is 9.72 Å². The van der Waals surface area contributed by atoms with Crippen LogP contribution in [-0.4, -0.2) is 78.5 Å². The van der Waals surface area contributed by atoms with Gasteiger partial charge in [0.25, 0.3) is 0 Å². The first-order chi connectivity index (χ1) is 14.8. The molecule has 0 bridgehead atoms. The zero-order valence-corrected chi connectivity index (χ0v) is 19.2. The molecule has 1 unspecified atom stereocenters. The van der Waals surface area contributed by atoms with Crippen molar-refractivity contribution >= 4 is 27.0 Å². The largest absolute Gasteiger partial charge is 0.379 e. The van der Waals surface area contributed by atoms with Crippen molar-refractivity contribution in [2.45, 2.75) is 44.8 Å². The molecule has 1 aromatic carbocycles.